The summed E-state index contributed by atoms with van der Waals surface area (Å²) in [6.07, 6.45) is -4.43. The van der Waals surface area contributed by atoms with Gasteiger partial charge in [0.25, 0.3) is 5.56 Å². The molecule has 0 radical (unpaired) electrons. The maximum absolute atomic E-state index is 12.6. The Hall–Kier alpha value is -3.56. The number of hydrogen-bond acceptors (Lipinski definition) is 5. The van der Waals surface area contributed by atoms with Gasteiger partial charge in [-0.15, -0.1) is 5.11 Å². The summed E-state index contributed by atoms with van der Waals surface area (Å²) in [5.74, 6) is 1.12. The number of nitrogens with zero attached hydrogens (tertiary/aromatic N) is 2. The van der Waals surface area contributed by atoms with Crippen LogP contribution >= 0.6 is 0 Å². The van der Waals surface area contributed by atoms with Crippen LogP contribution in [0, 0.1) is 0 Å². The lowest BCUT2D eigenvalue weighted by molar-refractivity contribution is -0.137. The van der Waals surface area contributed by atoms with Gasteiger partial charge in [0.05, 0.1) is 16.9 Å². The molecule has 138 valence electrons. The van der Waals surface area contributed by atoms with Crippen molar-refractivity contribution in [2.24, 2.45) is 10.2 Å². The summed E-state index contributed by atoms with van der Waals surface area (Å²) in [6.45, 7) is 0.114. The van der Waals surface area contributed by atoms with E-state index >= 15 is 0 Å². The predicted octanol–water partition coefficient (Wildman–Crippen LogP) is 4.53. The Balaban J connectivity index is 1.64. The van der Waals surface area contributed by atoms with Gasteiger partial charge >= 0.3 is 6.18 Å². The highest BCUT2D eigenvalue weighted by Gasteiger charge is 2.29. The lowest BCUT2D eigenvalue weighted by Gasteiger charge is -2.05. The summed E-state index contributed by atoms with van der Waals surface area (Å²) in [5.41, 5.74) is -0.151. The maximum Gasteiger partial charge on any atom is 0.416 e. The van der Waals surface area contributed by atoms with E-state index in [0.29, 0.717) is 22.8 Å². The monoisotopic (exact) mass is 376 g/mol. The molecule has 2 heterocycles. The number of nitrogens with one attached hydrogen (secondary N) is 2. The standard InChI is InChI=1S/C17H11F3N4O3/c18-17(19,20)10-2-4-11(5-3-10)21-23-15-14(22-24-16(15)25)9-1-6-12-13(7-9)27-8-26-12/h1-7H,8H2,(H2,22,24,25). The van der Waals surface area contributed by atoms with Gasteiger partial charge in [0.15, 0.2) is 17.2 Å². The summed E-state index contributed by atoms with van der Waals surface area (Å²) >= 11 is 0. The number of hydrogen-bond donors (Lipinski definition) is 2. The van der Waals surface area contributed by atoms with Crippen LogP contribution in [0.1, 0.15) is 5.56 Å². The number of H-pyrrole nitrogens is 2. The Morgan fingerprint density at radius 2 is 1.67 bits per heavy atom. The first-order chi connectivity index (χ1) is 12.9. The van der Waals surface area contributed by atoms with E-state index in [1.807, 2.05) is 0 Å². The van der Waals surface area contributed by atoms with Crippen LogP contribution in [0.2, 0.25) is 0 Å². The number of halogens is 3. The molecule has 0 fully saturated rings. The van der Waals surface area contributed by atoms with Gasteiger partial charge in [0.2, 0.25) is 6.79 Å². The van der Waals surface area contributed by atoms with Crippen molar-refractivity contribution in [2.45, 2.75) is 6.18 Å². The van der Waals surface area contributed by atoms with Gasteiger partial charge in [0.1, 0.15) is 0 Å². The quantitative estimate of drug-likeness (QED) is 0.658. The van der Waals surface area contributed by atoms with Crippen molar-refractivity contribution in [1.29, 1.82) is 0 Å². The van der Waals surface area contributed by atoms with Crippen LogP contribution in [0.5, 0.6) is 11.5 Å². The number of aromatic nitrogens is 2. The second-order valence-electron chi connectivity index (χ2n) is 5.62. The second kappa shape index (κ2) is 6.31. The van der Waals surface area contributed by atoms with Crippen molar-refractivity contribution in [1.82, 2.24) is 10.2 Å². The highest BCUT2D eigenvalue weighted by molar-refractivity contribution is 5.73. The molecule has 7 nitrogen and oxygen atoms in total. The van der Waals surface area contributed by atoms with Crippen LogP contribution < -0.4 is 15.0 Å². The van der Waals surface area contributed by atoms with Crippen molar-refractivity contribution >= 4 is 11.4 Å². The van der Waals surface area contributed by atoms with Crippen molar-refractivity contribution in [3.63, 3.8) is 0 Å². The van der Waals surface area contributed by atoms with Crippen molar-refractivity contribution < 1.29 is 22.6 Å². The first kappa shape index (κ1) is 16.9. The number of aromatic amines is 2. The van der Waals surface area contributed by atoms with Gasteiger partial charge in [-0.1, -0.05) is 0 Å². The summed E-state index contributed by atoms with van der Waals surface area (Å²) in [5, 5.41) is 12.9. The fraction of sp³-hybridized carbons (Fsp3) is 0.118. The summed E-state index contributed by atoms with van der Waals surface area (Å²) in [7, 11) is 0. The zero-order valence-electron chi connectivity index (χ0n) is 13.5. The lowest BCUT2D eigenvalue weighted by Crippen LogP contribution is -2.03. The Kier molecular flexibility index (Phi) is 3.94. The molecule has 1 aromatic heterocycles. The minimum absolute atomic E-state index is 0.00577. The van der Waals surface area contributed by atoms with E-state index < -0.39 is 17.3 Å². The van der Waals surface area contributed by atoms with E-state index in [4.69, 9.17) is 9.47 Å². The molecule has 0 saturated carbocycles. The van der Waals surface area contributed by atoms with Gasteiger partial charge in [-0.25, -0.2) is 0 Å². The number of rotatable bonds is 3. The molecule has 1 aliphatic heterocycles. The van der Waals surface area contributed by atoms with Crippen LogP contribution in [0.3, 0.4) is 0 Å². The van der Waals surface area contributed by atoms with E-state index in [1.54, 1.807) is 18.2 Å². The molecule has 0 bridgehead atoms. The molecule has 1 aliphatic rings. The van der Waals surface area contributed by atoms with Crippen LogP contribution in [0.15, 0.2) is 57.5 Å². The molecule has 0 aliphatic carbocycles. The zero-order chi connectivity index (χ0) is 19.0. The fourth-order valence-electron chi connectivity index (χ4n) is 2.53. The normalized spacial score (nSPS) is 13.4. The Bertz CT molecular complexity index is 1070. The minimum Gasteiger partial charge on any atom is -0.454 e. The van der Waals surface area contributed by atoms with E-state index in [2.05, 4.69) is 20.4 Å². The molecule has 0 unspecified atom stereocenters. The van der Waals surface area contributed by atoms with Crippen LogP contribution in [-0.2, 0) is 6.18 Å². The third kappa shape index (κ3) is 3.28. The average Bonchev–Trinajstić information content (AvgIpc) is 3.25. The van der Waals surface area contributed by atoms with E-state index in [9.17, 15) is 18.0 Å². The SMILES string of the molecule is O=c1[nH][nH]c(-c2ccc3c(c2)OCO3)c1N=Nc1ccc(C(F)(F)F)cc1. The second-order valence-corrected chi connectivity index (χ2v) is 5.62. The van der Waals surface area contributed by atoms with Crippen molar-refractivity contribution in [3.05, 3.63) is 58.4 Å². The molecule has 0 saturated heterocycles. The number of fused-ring (bicyclic) bond motifs is 1. The Morgan fingerprint density at radius 1 is 0.926 bits per heavy atom. The Labute approximate surface area is 149 Å². The van der Waals surface area contributed by atoms with Crippen molar-refractivity contribution in [2.75, 3.05) is 6.79 Å². The lowest BCUT2D eigenvalue weighted by atomic mass is 10.1. The topological polar surface area (TPSA) is 91.8 Å². The number of benzene rings is 2. The van der Waals surface area contributed by atoms with E-state index in [1.165, 1.54) is 12.1 Å². The molecular weight excluding hydrogens is 365 g/mol. The van der Waals surface area contributed by atoms with Gasteiger partial charge in [-0.2, -0.15) is 18.3 Å². The van der Waals surface area contributed by atoms with Gasteiger partial charge in [-0.05, 0) is 42.5 Å². The highest BCUT2D eigenvalue weighted by atomic mass is 19.4. The zero-order valence-corrected chi connectivity index (χ0v) is 13.5. The summed E-state index contributed by atoms with van der Waals surface area (Å²) in [4.78, 5) is 12.0. The third-order valence-corrected chi connectivity index (χ3v) is 3.87. The van der Waals surface area contributed by atoms with E-state index in [0.717, 1.165) is 12.1 Å². The van der Waals surface area contributed by atoms with E-state index in [-0.39, 0.29) is 18.2 Å². The molecule has 0 atom stereocenters. The first-order valence-electron chi connectivity index (χ1n) is 7.71. The smallest absolute Gasteiger partial charge is 0.416 e. The van der Waals surface area contributed by atoms with Gasteiger partial charge in [0, 0.05) is 5.56 Å². The molecule has 0 amide bonds. The number of ether oxygens (including phenoxy) is 2. The Morgan fingerprint density at radius 3 is 2.41 bits per heavy atom. The predicted molar refractivity (Wildman–Crippen MR) is 88.6 cm³/mol. The average molecular weight is 376 g/mol. The molecule has 4 rings (SSSR count). The minimum atomic E-state index is -4.43. The molecule has 3 aromatic rings. The third-order valence-electron chi connectivity index (χ3n) is 3.87. The molecule has 27 heavy (non-hydrogen) atoms. The fourth-order valence-corrected chi connectivity index (χ4v) is 2.53. The maximum atomic E-state index is 12.6. The van der Waals surface area contributed by atoms with Crippen LogP contribution in [-0.4, -0.2) is 17.0 Å². The molecule has 0 spiro atoms. The number of azo groups is 1. The van der Waals surface area contributed by atoms with Gasteiger partial charge < -0.3 is 9.47 Å². The van der Waals surface area contributed by atoms with Crippen LogP contribution in [0.4, 0.5) is 24.5 Å². The largest absolute Gasteiger partial charge is 0.454 e. The first-order valence-corrected chi connectivity index (χ1v) is 7.71. The molecule has 2 aromatic carbocycles. The molecule has 10 heteroatoms. The molecule has 2 N–H and O–H groups in total. The van der Waals surface area contributed by atoms with Gasteiger partial charge in [-0.3, -0.25) is 15.0 Å². The van der Waals surface area contributed by atoms with Crippen molar-refractivity contribution in [3.8, 4) is 22.8 Å². The summed E-state index contributed by atoms with van der Waals surface area (Å²) in [6, 6.07) is 9.23. The molecular formula is C17H11F3N4O3. The summed E-state index contributed by atoms with van der Waals surface area (Å²) < 4.78 is 48.3. The highest BCUT2D eigenvalue weighted by Crippen LogP contribution is 2.37. The van der Waals surface area contributed by atoms with Crippen LogP contribution in [0.25, 0.3) is 11.3 Å². The number of alkyl halides is 3.